The first-order chi connectivity index (χ1) is 14.7. The first-order valence-corrected chi connectivity index (χ1v) is 11.3. The van der Waals surface area contributed by atoms with Gasteiger partial charge in [0.25, 0.3) is 5.56 Å². The Morgan fingerprint density at radius 1 is 0.833 bits per heavy atom. The fourth-order valence-corrected chi connectivity index (χ4v) is 4.62. The highest BCUT2D eigenvalue weighted by Gasteiger charge is 2.17. The van der Waals surface area contributed by atoms with Crippen molar-refractivity contribution in [2.75, 3.05) is 0 Å². The molecule has 0 aliphatic heterocycles. The van der Waals surface area contributed by atoms with E-state index < -0.39 is 0 Å². The van der Waals surface area contributed by atoms with Gasteiger partial charge in [-0.1, -0.05) is 82.3 Å². The molecule has 2 heterocycles. The molecule has 0 saturated carbocycles. The van der Waals surface area contributed by atoms with E-state index in [1.54, 1.807) is 16.3 Å². The lowest BCUT2D eigenvalue weighted by molar-refractivity contribution is 0.764. The van der Waals surface area contributed by atoms with Crippen molar-refractivity contribution in [3.63, 3.8) is 0 Å². The van der Waals surface area contributed by atoms with Crippen LogP contribution in [-0.2, 0) is 12.3 Å². The highest BCUT2D eigenvalue weighted by Crippen LogP contribution is 2.25. The molecule has 5 nitrogen and oxygen atoms in total. The van der Waals surface area contributed by atoms with Gasteiger partial charge in [-0.15, -0.1) is 10.2 Å². The van der Waals surface area contributed by atoms with E-state index in [0.29, 0.717) is 17.7 Å². The molecule has 0 fully saturated rings. The quantitative estimate of drug-likeness (QED) is 0.329. The summed E-state index contributed by atoms with van der Waals surface area (Å²) in [6, 6.07) is 25.8. The third-order valence-corrected chi connectivity index (χ3v) is 6.47. The number of nitrogens with zero attached hydrogens (tertiary/aromatic N) is 4. The van der Waals surface area contributed by atoms with Crippen LogP contribution in [0.5, 0.6) is 0 Å². The Bertz CT molecular complexity index is 1390. The molecule has 5 rings (SSSR count). The van der Waals surface area contributed by atoms with Gasteiger partial charge >= 0.3 is 0 Å². The number of thioether (sulfide) groups is 1. The van der Waals surface area contributed by atoms with Crippen molar-refractivity contribution in [3.8, 4) is 0 Å². The van der Waals surface area contributed by atoms with Gasteiger partial charge in [0.1, 0.15) is 0 Å². The number of fused-ring (bicyclic) bond motifs is 3. The van der Waals surface area contributed by atoms with Crippen molar-refractivity contribution in [2.24, 2.45) is 0 Å². The SMILES string of the molecule is O=c1c2ccccc2n2c(SCc3ccc(Br)cc3)nnc2n1Cc1ccccc1. The van der Waals surface area contributed by atoms with Gasteiger partial charge in [0.2, 0.25) is 5.78 Å². The van der Waals surface area contributed by atoms with Gasteiger partial charge in [-0.3, -0.25) is 13.8 Å². The van der Waals surface area contributed by atoms with Gasteiger partial charge in [0.05, 0.1) is 17.4 Å². The Kier molecular flexibility index (Phi) is 5.14. The van der Waals surface area contributed by atoms with Crippen LogP contribution < -0.4 is 5.56 Å². The minimum atomic E-state index is -0.0567. The van der Waals surface area contributed by atoms with Gasteiger partial charge in [0, 0.05) is 10.2 Å². The van der Waals surface area contributed by atoms with Crippen LogP contribution in [0.3, 0.4) is 0 Å². The molecule has 0 unspecified atom stereocenters. The van der Waals surface area contributed by atoms with Gasteiger partial charge in [0.15, 0.2) is 5.16 Å². The predicted octanol–water partition coefficient (Wildman–Crippen LogP) is 5.15. The number of halogens is 1. The van der Waals surface area contributed by atoms with E-state index in [0.717, 1.165) is 26.5 Å². The third kappa shape index (κ3) is 3.55. The molecule has 0 radical (unpaired) electrons. The highest BCUT2D eigenvalue weighted by molar-refractivity contribution is 9.10. The standard InChI is InChI=1S/C23H17BrN4OS/c24-18-12-10-17(11-13-18)15-30-23-26-25-22-27(14-16-6-2-1-3-7-16)21(29)19-8-4-5-9-20(19)28(22)23/h1-13H,14-15H2. The lowest BCUT2D eigenvalue weighted by Gasteiger charge is -2.11. The molecule has 3 aromatic carbocycles. The van der Waals surface area contributed by atoms with E-state index in [1.165, 1.54) is 5.56 Å². The van der Waals surface area contributed by atoms with Gasteiger partial charge < -0.3 is 0 Å². The lowest BCUT2D eigenvalue weighted by atomic mass is 10.2. The Morgan fingerprint density at radius 2 is 1.57 bits per heavy atom. The smallest absolute Gasteiger partial charge is 0.263 e. The minimum Gasteiger partial charge on any atom is -0.272 e. The molecule has 0 aliphatic rings. The fraction of sp³-hybridized carbons (Fsp3) is 0.0870. The average molecular weight is 477 g/mol. The Hall–Kier alpha value is -2.90. The normalized spacial score (nSPS) is 11.4. The fourth-order valence-electron chi connectivity index (χ4n) is 3.46. The van der Waals surface area contributed by atoms with E-state index in [4.69, 9.17) is 0 Å². The van der Waals surface area contributed by atoms with Crippen molar-refractivity contribution >= 4 is 44.4 Å². The van der Waals surface area contributed by atoms with Crippen molar-refractivity contribution in [2.45, 2.75) is 17.5 Å². The molecule has 2 aromatic heterocycles. The topological polar surface area (TPSA) is 52.2 Å². The average Bonchev–Trinajstić information content (AvgIpc) is 3.21. The number of aromatic nitrogens is 4. The first-order valence-electron chi connectivity index (χ1n) is 9.48. The summed E-state index contributed by atoms with van der Waals surface area (Å²) in [5.74, 6) is 1.32. The number of hydrogen-bond acceptors (Lipinski definition) is 4. The Labute approximate surface area is 185 Å². The first kappa shape index (κ1) is 19.1. The molecular weight excluding hydrogens is 460 g/mol. The van der Waals surface area contributed by atoms with Crippen LogP contribution in [0.4, 0.5) is 0 Å². The largest absolute Gasteiger partial charge is 0.272 e. The summed E-state index contributed by atoms with van der Waals surface area (Å²) in [5, 5.41) is 10.3. The minimum absolute atomic E-state index is 0.0567. The van der Waals surface area contributed by atoms with Gasteiger partial charge in [-0.25, -0.2) is 0 Å². The third-order valence-electron chi connectivity index (χ3n) is 4.94. The van der Waals surface area contributed by atoms with Crippen molar-refractivity contribution in [1.82, 2.24) is 19.2 Å². The summed E-state index contributed by atoms with van der Waals surface area (Å²) >= 11 is 5.08. The second-order valence-electron chi connectivity index (χ2n) is 6.93. The van der Waals surface area contributed by atoms with E-state index in [1.807, 2.05) is 71.1 Å². The predicted molar refractivity (Wildman–Crippen MR) is 124 cm³/mol. The zero-order valence-electron chi connectivity index (χ0n) is 15.9. The Morgan fingerprint density at radius 3 is 2.37 bits per heavy atom. The van der Waals surface area contributed by atoms with Crippen LogP contribution in [-0.4, -0.2) is 19.2 Å². The molecule has 0 spiro atoms. The van der Waals surface area contributed by atoms with E-state index in [-0.39, 0.29) is 5.56 Å². The molecule has 0 bridgehead atoms. The number of para-hydroxylation sites is 1. The van der Waals surface area contributed by atoms with Crippen molar-refractivity contribution in [1.29, 1.82) is 0 Å². The molecule has 0 N–H and O–H groups in total. The maximum Gasteiger partial charge on any atom is 0.263 e. The van der Waals surface area contributed by atoms with Crippen molar-refractivity contribution in [3.05, 3.63) is 105 Å². The van der Waals surface area contributed by atoms with Crippen LogP contribution in [0, 0.1) is 0 Å². The molecule has 0 aliphatic carbocycles. The lowest BCUT2D eigenvalue weighted by Crippen LogP contribution is -2.24. The van der Waals surface area contributed by atoms with E-state index >= 15 is 0 Å². The molecular formula is C23H17BrN4OS. The molecule has 7 heteroatoms. The Balaban J connectivity index is 1.63. The monoisotopic (exact) mass is 476 g/mol. The van der Waals surface area contributed by atoms with Crippen LogP contribution in [0.15, 0.2) is 93.3 Å². The second-order valence-corrected chi connectivity index (χ2v) is 8.79. The molecule has 5 aromatic rings. The zero-order chi connectivity index (χ0) is 20.5. The summed E-state index contributed by atoms with van der Waals surface area (Å²) in [5.41, 5.74) is 3.01. The highest BCUT2D eigenvalue weighted by atomic mass is 79.9. The zero-order valence-corrected chi connectivity index (χ0v) is 18.3. The van der Waals surface area contributed by atoms with Crippen LogP contribution in [0.1, 0.15) is 11.1 Å². The molecule has 30 heavy (non-hydrogen) atoms. The summed E-state index contributed by atoms with van der Waals surface area (Å²) < 4.78 is 4.75. The number of hydrogen-bond donors (Lipinski definition) is 0. The molecule has 0 saturated heterocycles. The van der Waals surface area contributed by atoms with Crippen LogP contribution in [0.25, 0.3) is 16.7 Å². The van der Waals surface area contributed by atoms with Gasteiger partial charge in [-0.05, 0) is 35.4 Å². The number of benzene rings is 3. The van der Waals surface area contributed by atoms with E-state index in [9.17, 15) is 4.79 Å². The molecule has 0 amide bonds. The van der Waals surface area contributed by atoms with Gasteiger partial charge in [-0.2, -0.15) is 0 Å². The summed E-state index contributed by atoms with van der Waals surface area (Å²) in [6.45, 7) is 0.448. The van der Waals surface area contributed by atoms with Crippen molar-refractivity contribution < 1.29 is 0 Å². The second kappa shape index (κ2) is 8.08. The maximum absolute atomic E-state index is 13.2. The summed E-state index contributed by atoms with van der Waals surface area (Å²) in [7, 11) is 0. The number of rotatable bonds is 5. The molecule has 148 valence electrons. The summed E-state index contributed by atoms with van der Waals surface area (Å²) in [6.07, 6.45) is 0. The van der Waals surface area contributed by atoms with E-state index in [2.05, 4.69) is 38.3 Å². The van der Waals surface area contributed by atoms with Crippen LogP contribution in [0.2, 0.25) is 0 Å². The maximum atomic E-state index is 13.2. The summed E-state index contributed by atoms with van der Waals surface area (Å²) in [4.78, 5) is 13.2. The van der Waals surface area contributed by atoms with Crippen LogP contribution >= 0.6 is 27.7 Å². The molecule has 0 atom stereocenters.